The van der Waals surface area contributed by atoms with Crippen LogP contribution in [0.5, 0.6) is 0 Å². The van der Waals surface area contributed by atoms with E-state index in [0.717, 1.165) is 25.9 Å². The molecule has 7 aromatic carbocycles. The zero-order chi connectivity index (χ0) is 31.0. The van der Waals surface area contributed by atoms with Gasteiger partial charge >= 0.3 is 0 Å². The number of para-hydroxylation sites is 2. The molecular weight excluding hydrogens is 569 g/mol. The molecule has 3 aliphatic rings. The van der Waals surface area contributed by atoms with Crippen molar-refractivity contribution in [2.75, 3.05) is 22.9 Å². The highest BCUT2D eigenvalue weighted by atomic mass is 15.2. The number of hydrogen-bond donors (Lipinski definition) is 0. The normalized spacial score (nSPS) is 15.4. The largest absolute Gasteiger partial charge is 0.341 e. The molecule has 0 amide bonds. The summed E-state index contributed by atoms with van der Waals surface area (Å²) in [5.41, 5.74) is 15.6. The van der Waals surface area contributed by atoms with Gasteiger partial charge in [-0.15, -0.1) is 0 Å². The third-order valence-electron chi connectivity index (χ3n) is 10.9. The fourth-order valence-electron chi connectivity index (χ4n) is 8.90. The summed E-state index contributed by atoms with van der Waals surface area (Å²) in [6, 6.07) is 59.2. The average Bonchev–Trinajstić information content (AvgIpc) is 3.85. The molecule has 0 unspecified atom stereocenters. The molecule has 0 fully saturated rings. The van der Waals surface area contributed by atoms with Gasteiger partial charge in [0.1, 0.15) is 0 Å². The van der Waals surface area contributed by atoms with E-state index in [1.807, 2.05) is 0 Å². The van der Waals surface area contributed by atoms with E-state index in [-0.39, 0.29) is 0 Å². The van der Waals surface area contributed by atoms with Crippen molar-refractivity contribution < 1.29 is 0 Å². The van der Waals surface area contributed by atoms with E-state index in [9.17, 15) is 0 Å². The first kappa shape index (κ1) is 26.6. The molecule has 2 heteroatoms. The lowest BCUT2D eigenvalue weighted by molar-refractivity contribution is 0.768. The second kappa shape index (κ2) is 10.2. The molecule has 0 saturated carbocycles. The van der Waals surface area contributed by atoms with E-state index in [2.05, 4.69) is 168 Å². The molecule has 0 spiro atoms. The van der Waals surface area contributed by atoms with Crippen LogP contribution in [0.2, 0.25) is 0 Å². The van der Waals surface area contributed by atoms with Crippen molar-refractivity contribution in [2.45, 2.75) is 18.3 Å². The third kappa shape index (κ3) is 3.73. The van der Waals surface area contributed by atoms with Crippen LogP contribution in [0.15, 0.2) is 158 Å². The van der Waals surface area contributed by atoms with Gasteiger partial charge in [-0.05, 0) is 93.1 Å². The van der Waals surface area contributed by atoms with Crippen LogP contribution in [0.4, 0.5) is 22.7 Å². The quantitative estimate of drug-likeness (QED) is 0.198. The molecule has 0 saturated heterocycles. The van der Waals surface area contributed by atoms with Crippen molar-refractivity contribution in [3.8, 4) is 11.1 Å². The number of nitrogens with zero attached hydrogens (tertiary/aromatic N) is 2. The number of benzene rings is 7. The van der Waals surface area contributed by atoms with E-state index in [4.69, 9.17) is 0 Å². The summed E-state index contributed by atoms with van der Waals surface area (Å²) in [5.74, 6) is 0. The smallest absolute Gasteiger partial charge is 0.0715 e. The van der Waals surface area contributed by atoms with Gasteiger partial charge in [0.25, 0.3) is 0 Å². The molecule has 2 nitrogen and oxygen atoms in total. The van der Waals surface area contributed by atoms with Crippen molar-refractivity contribution >= 4 is 33.5 Å². The number of fused-ring (bicyclic) bond motifs is 7. The number of anilines is 4. The van der Waals surface area contributed by atoms with Crippen LogP contribution in [-0.4, -0.2) is 13.1 Å². The van der Waals surface area contributed by atoms with Gasteiger partial charge in [-0.1, -0.05) is 127 Å². The van der Waals surface area contributed by atoms with Gasteiger partial charge in [0, 0.05) is 41.2 Å². The molecule has 2 aliphatic heterocycles. The highest BCUT2D eigenvalue weighted by Gasteiger charge is 2.48. The van der Waals surface area contributed by atoms with Crippen LogP contribution >= 0.6 is 0 Å². The van der Waals surface area contributed by atoms with E-state index < -0.39 is 5.41 Å². The second-order valence-electron chi connectivity index (χ2n) is 13.1. The fraction of sp³-hybridized carbons (Fsp3) is 0.111. The zero-order valence-corrected chi connectivity index (χ0v) is 26.2. The van der Waals surface area contributed by atoms with Crippen LogP contribution < -0.4 is 9.80 Å². The van der Waals surface area contributed by atoms with Gasteiger partial charge in [-0.2, -0.15) is 0 Å². The van der Waals surface area contributed by atoms with Gasteiger partial charge in [-0.3, -0.25) is 0 Å². The van der Waals surface area contributed by atoms with Gasteiger partial charge in [0.2, 0.25) is 0 Å². The van der Waals surface area contributed by atoms with E-state index >= 15 is 0 Å². The summed E-state index contributed by atoms with van der Waals surface area (Å²) in [6.07, 6.45) is 2.13. The van der Waals surface area contributed by atoms with Gasteiger partial charge in [-0.25, -0.2) is 0 Å². The Bertz CT molecular complexity index is 2280. The van der Waals surface area contributed by atoms with Crippen molar-refractivity contribution in [2.24, 2.45) is 0 Å². The third-order valence-corrected chi connectivity index (χ3v) is 10.9. The predicted molar refractivity (Wildman–Crippen MR) is 196 cm³/mol. The Morgan fingerprint density at radius 2 is 0.979 bits per heavy atom. The molecule has 2 heterocycles. The molecular formula is C45H34N2. The van der Waals surface area contributed by atoms with Crippen LogP contribution in [-0.2, 0) is 18.3 Å². The lowest BCUT2D eigenvalue weighted by atomic mass is 9.67. The molecule has 7 aromatic rings. The topological polar surface area (TPSA) is 6.48 Å². The summed E-state index contributed by atoms with van der Waals surface area (Å²) >= 11 is 0. The Labute approximate surface area is 276 Å². The van der Waals surface area contributed by atoms with Crippen molar-refractivity contribution in [1.29, 1.82) is 0 Å². The molecule has 0 radical (unpaired) electrons. The van der Waals surface area contributed by atoms with Crippen LogP contribution in [0.3, 0.4) is 0 Å². The molecule has 0 aromatic heterocycles. The number of hydrogen-bond acceptors (Lipinski definition) is 2. The molecule has 47 heavy (non-hydrogen) atoms. The Morgan fingerprint density at radius 1 is 0.426 bits per heavy atom. The van der Waals surface area contributed by atoms with Gasteiger partial charge in [0.15, 0.2) is 0 Å². The predicted octanol–water partition coefficient (Wildman–Crippen LogP) is 10.6. The van der Waals surface area contributed by atoms with E-state index in [1.165, 1.54) is 78.0 Å². The molecule has 0 atom stereocenters. The highest BCUT2D eigenvalue weighted by Crippen LogP contribution is 2.60. The molecule has 224 valence electrons. The molecule has 0 bridgehead atoms. The van der Waals surface area contributed by atoms with Crippen molar-refractivity contribution in [1.82, 2.24) is 0 Å². The first-order chi connectivity index (χ1) is 23.3. The summed E-state index contributed by atoms with van der Waals surface area (Å²) in [5, 5.41) is 2.63. The Morgan fingerprint density at radius 3 is 1.66 bits per heavy atom. The maximum absolute atomic E-state index is 2.56. The Balaban J connectivity index is 1.32. The minimum atomic E-state index is -0.486. The minimum absolute atomic E-state index is 0.486. The fourth-order valence-corrected chi connectivity index (χ4v) is 8.90. The Kier molecular flexibility index (Phi) is 5.77. The first-order valence-electron chi connectivity index (χ1n) is 16.9. The lowest BCUT2D eigenvalue weighted by Gasteiger charge is -2.35. The van der Waals surface area contributed by atoms with E-state index in [1.54, 1.807) is 0 Å². The summed E-state index contributed by atoms with van der Waals surface area (Å²) in [4.78, 5) is 5.08. The summed E-state index contributed by atoms with van der Waals surface area (Å²) in [6.45, 7) is 1.98. The standard InChI is InChI=1S/C45H34N2/c1-3-15-33(16-4-1)45(34-17-5-2-6-18-34)39-29-35(46-27-25-31-13-7-11-21-41(31)46)23-24-38(39)44-37-20-10-9-19-36(37)43(30-40(44)45)47-28-26-32-14-8-12-22-42(32)47/h1-24,29-30H,25-28H2. The number of rotatable bonds is 4. The average molecular weight is 603 g/mol. The lowest BCUT2D eigenvalue weighted by Crippen LogP contribution is -2.29. The Hall–Kier alpha value is -5.60. The zero-order valence-electron chi connectivity index (χ0n) is 26.2. The van der Waals surface area contributed by atoms with Crippen LogP contribution in [0.25, 0.3) is 21.9 Å². The SMILES string of the molecule is c1ccc(C2(c3ccccc3)c3cc(N4CCc5ccccc54)ccc3-c3c2cc(N2CCc4ccccc42)c2ccccc32)cc1. The van der Waals surface area contributed by atoms with Gasteiger partial charge < -0.3 is 9.80 Å². The maximum atomic E-state index is 2.56. The first-order valence-corrected chi connectivity index (χ1v) is 16.9. The second-order valence-corrected chi connectivity index (χ2v) is 13.1. The van der Waals surface area contributed by atoms with Crippen LogP contribution in [0, 0.1) is 0 Å². The molecule has 1 aliphatic carbocycles. The van der Waals surface area contributed by atoms with Gasteiger partial charge in [0.05, 0.1) is 5.41 Å². The van der Waals surface area contributed by atoms with Crippen molar-refractivity contribution in [3.63, 3.8) is 0 Å². The maximum Gasteiger partial charge on any atom is 0.0715 e. The van der Waals surface area contributed by atoms with Crippen molar-refractivity contribution in [3.05, 3.63) is 191 Å². The monoisotopic (exact) mass is 602 g/mol. The highest BCUT2D eigenvalue weighted by molar-refractivity contribution is 6.10. The minimum Gasteiger partial charge on any atom is -0.341 e. The summed E-state index contributed by atoms with van der Waals surface area (Å²) < 4.78 is 0. The van der Waals surface area contributed by atoms with Crippen LogP contribution in [0.1, 0.15) is 33.4 Å². The summed E-state index contributed by atoms with van der Waals surface area (Å²) in [7, 11) is 0. The van der Waals surface area contributed by atoms with E-state index in [0.29, 0.717) is 0 Å². The molecule has 10 rings (SSSR count). The molecule has 0 N–H and O–H groups in total.